The second-order valence-electron chi connectivity index (χ2n) is 8.82. The summed E-state index contributed by atoms with van der Waals surface area (Å²) in [6.07, 6.45) is 3.47. The zero-order chi connectivity index (χ0) is 24.4. The van der Waals surface area contributed by atoms with Crippen molar-refractivity contribution in [3.8, 4) is 5.75 Å². The first kappa shape index (κ1) is 23.3. The number of methoxy groups -OCH3 is 1. The molecular formula is C27H26ClN3O4. The number of carbonyl (C=O) groups excluding carboxylic acids is 2. The smallest absolute Gasteiger partial charge is 0.257 e. The van der Waals surface area contributed by atoms with Crippen LogP contribution in [0.3, 0.4) is 0 Å². The fourth-order valence-corrected chi connectivity index (χ4v) is 5.20. The molecule has 0 N–H and O–H groups in total. The Kier molecular flexibility index (Phi) is 6.45. The van der Waals surface area contributed by atoms with Gasteiger partial charge >= 0.3 is 0 Å². The third kappa shape index (κ3) is 4.37. The number of nitrogens with zero attached hydrogens (tertiary/aromatic N) is 3. The van der Waals surface area contributed by atoms with Crippen LogP contribution in [0.25, 0.3) is 0 Å². The highest BCUT2D eigenvalue weighted by Gasteiger charge is 2.58. The monoisotopic (exact) mass is 491 g/mol. The Labute approximate surface area is 209 Å². The summed E-state index contributed by atoms with van der Waals surface area (Å²) in [5, 5.41) is 0.340. The van der Waals surface area contributed by atoms with Gasteiger partial charge in [-0.2, -0.15) is 0 Å². The number of amides is 2. The van der Waals surface area contributed by atoms with Crippen molar-refractivity contribution in [1.29, 1.82) is 0 Å². The summed E-state index contributed by atoms with van der Waals surface area (Å²) in [7, 11) is 1.54. The lowest BCUT2D eigenvalue weighted by molar-refractivity contribution is -0.160. The maximum atomic E-state index is 13.9. The minimum atomic E-state index is -1.18. The zero-order valence-electron chi connectivity index (χ0n) is 19.4. The molecule has 0 bridgehead atoms. The van der Waals surface area contributed by atoms with Crippen LogP contribution in [0.1, 0.15) is 27.4 Å². The van der Waals surface area contributed by atoms with E-state index in [9.17, 15) is 9.59 Å². The van der Waals surface area contributed by atoms with Gasteiger partial charge in [-0.25, -0.2) is 0 Å². The fraction of sp³-hybridized carbons (Fsp3) is 0.296. The molecule has 3 aromatic rings. The molecule has 1 aromatic heterocycles. The molecule has 180 valence electrons. The van der Waals surface area contributed by atoms with E-state index in [0.29, 0.717) is 36.0 Å². The van der Waals surface area contributed by atoms with Crippen LogP contribution in [0.5, 0.6) is 5.75 Å². The van der Waals surface area contributed by atoms with E-state index in [1.54, 1.807) is 47.5 Å². The summed E-state index contributed by atoms with van der Waals surface area (Å²) in [6.45, 7) is 1.67. The van der Waals surface area contributed by atoms with E-state index in [2.05, 4.69) is 4.98 Å². The maximum absolute atomic E-state index is 13.9. The number of aromatic nitrogens is 1. The van der Waals surface area contributed by atoms with Gasteiger partial charge in [-0.15, -0.1) is 0 Å². The van der Waals surface area contributed by atoms with E-state index in [-0.39, 0.29) is 30.9 Å². The first-order valence-electron chi connectivity index (χ1n) is 11.5. The molecule has 2 amide bonds. The third-order valence-electron chi connectivity index (χ3n) is 6.75. The van der Waals surface area contributed by atoms with Crippen molar-refractivity contribution in [1.82, 2.24) is 14.8 Å². The Balaban J connectivity index is 1.48. The summed E-state index contributed by atoms with van der Waals surface area (Å²) >= 11 is 6.37. The van der Waals surface area contributed by atoms with Crippen molar-refractivity contribution >= 4 is 23.4 Å². The Morgan fingerprint density at radius 2 is 2.03 bits per heavy atom. The molecule has 7 nitrogen and oxygen atoms in total. The predicted molar refractivity (Wildman–Crippen MR) is 131 cm³/mol. The largest absolute Gasteiger partial charge is 0.497 e. The molecule has 0 aliphatic carbocycles. The van der Waals surface area contributed by atoms with E-state index < -0.39 is 5.60 Å². The topological polar surface area (TPSA) is 72.0 Å². The Morgan fingerprint density at radius 1 is 1.20 bits per heavy atom. The highest BCUT2D eigenvalue weighted by Crippen LogP contribution is 2.43. The number of likely N-dealkylation sites (tertiary alicyclic amines) is 1. The van der Waals surface area contributed by atoms with Gasteiger partial charge in [-0.1, -0.05) is 48.0 Å². The lowest BCUT2D eigenvalue weighted by atomic mass is 9.83. The minimum absolute atomic E-state index is 0.121. The lowest BCUT2D eigenvalue weighted by Crippen LogP contribution is -2.59. The number of hydrogen-bond acceptors (Lipinski definition) is 5. The molecule has 1 spiro atoms. The molecule has 0 saturated carbocycles. The summed E-state index contributed by atoms with van der Waals surface area (Å²) in [4.78, 5) is 35.1. The Bertz CT molecular complexity index is 1220. The van der Waals surface area contributed by atoms with Crippen molar-refractivity contribution in [3.05, 3.63) is 94.8 Å². The van der Waals surface area contributed by atoms with Crippen LogP contribution in [-0.4, -0.2) is 65.6 Å². The van der Waals surface area contributed by atoms with Gasteiger partial charge in [0.1, 0.15) is 5.75 Å². The SMILES string of the molecule is COc1ccc(Cl)c(C(=O)N2CCOC3(C2)C(=O)N(Cc2cccnc2)CC3c2ccccc2)c1. The van der Waals surface area contributed by atoms with E-state index in [0.717, 1.165) is 11.1 Å². The van der Waals surface area contributed by atoms with E-state index in [1.807, 2.05) is 42.5 Å². The quantitative estimate of drug-likeness (QED) is 0.543. The lowest BCUT2D eigenvalue weighted by Gasteiger charge is -2.42. The average Bonchev–Trinajstić information content (AvgIpc) is 3.15. The highest BCUT2D eigenvalue weighted by atomic mass is 35.5. The molecule has 2 aliphatic rings. The van der Waals surface area contributed by atoms with E-state index in [4.69, 9.17) is 21.1 Å². The molecule has 2 fully saturated rings. The first-order chi connectivity index (χ1) is 17.0. The number of rotatable bonds is 5. The van der Waals surface area contributed by atoms with Crippen molar-refractivity contribution in [2.75, 3.05) is 33.4 Å². The number of carbonyl (C=O) groups is 2. The van der Waals surface area contributed by atoms with Crippen LogP contribution in [0.2, 0.25) is 5.02 Å². The summed E-state index contributed by atoms with van der Waals surface area (Å²) in [5.74, 6) is -0.0573. The minimum Gasteiger partial charge on any atom is -0.497 e. The van der Waals surface area contributed by atoms with Crippen LogP contribution in [0.15, 0.2) is 73.1 Å². The zero-order valence-corrected chi connectivity index (χ0v) is 20.1. The molecule has 2 aliphatic heterocycles. The van der Waals surface area contributed by atoms with Crippen LogP contribution in [0, 0.1) is 0 Å². The summed E-state index contributed by atoms with van der Waals surface area (Å²) < 4.78 is 11.6. The predicted octanol–water partition coefficient (Wildman–Crippen LogP) is 3.78. The molecule has 35 heavy (non-hydrogen) atoms. The van der Waals surface area contributed by atoms with Gasteiger partial charge in [0.2, 0.25) is 0 Å². The standard InChI is InChI=1S/C27H26ClN3O4/c1-34-21-9-10-24(28)22(14-21)25(32)30-12-13-35-27(18-30)23(20-7-3-2-4-8-20)17-31(26(27)33)16-19-6-5-11-29-15-19/h2-11,14-15,23H,12-13,16-18H2,1H3. The van der Waals surface area contributed by atoms with Gasteiger partial charge in [0.05, 0.1) is 30.8 Å². The van der Waals surface area contributed by atoms with Crippen molar-refractivity contribution in [2.45, 2.75) is 18.1 Å². The van der Waals surface area contributed by atoms with Crippen LogP contribution in [0.4, 0.5) is 0 Å². The Morgan fingerprint density at radius 3 is 2.77 bits per heavy atom. The summed E-state index contributed by atoms with van der Waals surface area (Å²) in [5.41, 5.74) is 1.11. The molecule has 8 heteroatoms. The van der Waals surface area contributed by atoms with Crippen molar-refractivity contribution in [3.63, 3.8) is 0 Å². The normalized spacial score (nSPS) is 22.0. The number of benzene rings is 2. The van der Waals surface area contributed by atoms with Gasteiger partial charge in [0.25, 0.3) is 11.8 Å². The number of hydrogen-bond donors (Lipinski definition) is 0. The molecule has 0 radical (unpaired) electrons. The molecule has 5 rings (SSSR count). The van der Waals surface area contributed by atoms with Gasteiger partial charge in [-0.3, -0.25) is 14.6 Å². The number of morpholine rings is 1. The molecule has 2 aromatic carbocycles. The summed E-state index contributed by atoms with van der Waals surface area (Å²) in [6, 6.07) is 18.7. The molecule has 2 saturated heterocycles. The highest BCUT2D eigenvalue weighted by molar-refractivity contribution is 6.33. The Hall–Kier alpha value is -3.42. The van der Waals surface area contributed by atoms with E-state index in [1.165, 1.54) is 0 Å². The molecule has 2 unspecified atom stereocenters. The fourth-order valence-electron chi connectivity index (χ4n) is 5.00. The van der Waals surface area contributed by atoms with E-state index >= 15 is 0 Å². The molecular weight excluding hydrogens is 466 g/mol. The number of pyridine rings is 1. The van der Waals surface area contributed by atoms with Crippen LogP contribution in [-0.2, 0) is 16.1 Å². The second kappa shape index (κ2) is 9.68. The first-order valence-corrected chi connectivity index (χ1v) is 11.9. The second-order valence-corrected chi connectivity index (χ2v) is 9.23. The third-order valence-corrected chi connectivity index (χ3v) is 7.08. The average molecular weight is 492 g/mol. The van der Waals surface area contributed by atoms with Crippen molar-refractivity contribution in [2.24, 2.45) is 0 Å². The molecule has 2 atom stereocenters. The van der Waals surface area contributed by atoms with Gasteiger partial charge in [0, 0.05) is 37.9 Å². The van der Waals surface area contributed by atoms with Gasteiger partial charge in [0.15, 0.2) is 5.60 Å². The molecule has 3 heterocycles. The van der Waals surface area contributed by atoms with Crippen molar-refractivity contribution < 1.29 is 19.1 Å². The van der Waals surface area contributed by atoms with Crippen LogP contribution < -0.4 is 4.74 Å². The van der Waals surface area contributed by atoms with Crippen LogP contribution >= 0.6 is 11.6 Å². The maximum Gasteiger partial charge on any atom is 0.257 e. The van der Waals surface area contributed by atoms with Gasteiger partial charge < -0.3 is 19.3 Å². The number of halogens is 1. The number of ether oxygens (including phenoxy) is 2. The van der Waals surface area contributed by atoms with Gasteiger partial charge in [-0.05, 0) is 35.4 Å².